The second kappa shape index (κ2) is 7.34. The van der Waals surface area contributed by atoms with Gasteiger partial charge in [-0.05, 0) is 43.3 Å². The molecule has 4 rings (SSSR count). The van der Waals surface area contributed by atoms with E-state index in [4.69, 9.17) is 4.74 Å². The van der Waals surface area contributed by atoms with Crippen molar-refractivity contribution in [3.05, 3.63) is 70.8 Å². The quantitative estimate of drug-likeness (QED) is 0.361. The minimum Gasteiger partial charge on any atom is -0.497 e. The van der Waals surface area contributed by atoms with Gasteiger partial charge in [0.2, 0.25) is 0 Å². The second-order valence-electron chi connectivity index (χ2n) is 6.69. The minimum atomic E-state index is -4.19. The summed E-state index contributed by atoms with van der Waals surface area (Å²) in [5.41, 5.74) is 1.81. The van der Waals surface area contributed by atoms with Crippen LogP contribution < -0.4 is 9.46 Å². The highest BCUT2D eigenvalue weighted by Gasteiger charge is 2.27. The first-order valence-corrected chi connectivity index (χ1v) is 10.7. The third-order valence-electron chi connectivity index (χ3n) is 4.99. The topological polar surface area (TPSA) is 103 Å². The van der Waals surface area contributed by atoms with Crippen molar-refractivity contribution < 1.29 is 18.1 Å². The van der Waals surface area contributed by atoms with Crippen molar-refractivity contribution >= 4 is 43.2 Å². The molecule has 0 saturated carbocycles. The summed E-state index contributed by atoms with van der Waals surface area (Å²) in [4.78, 5) is 10.2. The van der Waals surface area contributed by atoms with E-state index in [2.05, 4.69) is 9.29 Å². The van der Waals surface area contributed by atoms with E-state index in [1.165, 1.54) is 19.2 Å². The summed E-state index contributed by atoms with van der Waals surface area (Å²) >= 11 is 0. The molecule has 0 radical (unpaired) electrons. The van der Waals surface area contributed by atoms with Crippen LogP contribution in [0.5, 0.6) is 5.75 Å². The minimum absolute atomic E-state index is 0.203. The largest absolute Gasteiger partial charge is 0.497 e. The van der Waals surface area contributed by atoms with E-state index in [0.717, 1.165) is 34.4 Å². The zero-order valence-corrected chi connectivity index (χ0v) is 17.1. The maximum Gasteiger partial charge on any atom is 0.293 e. The van der Waals surface area contributed by atoms with Crippen LogP contribution in [0.3, 0.4) is 0 Å². The van der Waals surface area contributed by atoms with Gasteiger partial charge >= 0.3 is 0 Å². The Labute approximate surface area is 172 Å². The fourth-order valence-corrected chi connectivity index (χ4v) is 4.87. The lowest BCUT2D eigenvalue weighted by Crippen LogP contribution is -2.14. The number of hydrogen-bond acceptors (Lipinski definition) is 5. The molecule has 154 valence electrons. The lowest BCUT2D eigenvalue weighted by Gasteiger charge is -2.10. The van der Waals surface area contributed by atoms with Gasteiger partial charge in [-0.15, -0.1) is 0 Å². The third-order valence-corrected chi connectivity index (χ3v) is 6.42. The fourth-order valence-electron chi connectivity index (χ4n) is 3.66. The van der Waals surface area contributed by atoms with Crippen LogP contribution in [0.1, 0.15) is 6.92 Å². The Bertz CT molecular complexity index is 1390. The Hall–Kier alpha value is -3.59. The van der Waals surface area contributed by atoms with E-state index < -0.39 is 25.5 Å². The average molecular weight is 425 g/mol. The molecular weight excluding hydrogens is 406 g/mol. The highest BCUT2D eigenvalue weighted by Crippen LogP contribution is 2.33. The number of aromatic nitrogens is 1. The summed E-state index contributed by atoms with van der Waals surface area (Å²) in [7, 11) is -2.83. The average Bonchev–Trinajstić information content (AvgIpc) is 3.06. The van der Waals surface area contributed by atoms with Gasteiger partial charge in [-0.25, -0.2) is 8.42 Å². The molecule has 30 heavy (non-hydrogen) atoms. The fraction of sp³-hybridized carbons (Fsp3) is 0.143. The number of para-hydroxylation sites is 1. The molecule has 0 aliphatic heterocycles. The molecule has 1 aromatic heterocycles. The van der Waals surface area contributed by atoms with Gasteiger partial charge in [-0.3, -0.25) is 14.8 Å². The molecular formula is C21H19N3O5S. The van der Waals surface area contributed by atoms with Crippen LogP contribution in [-0.2, 0) is 16.6 Å². The molecule has 0 spiro atoms. The van der Waals surface area contributed by atoms with E-state index in [1.54, 1.807) is 12.1 Å². The van der Waals surface area contributed by atoms with E-state index in [9.17, 15) is 18.5 Å². The number of ether oxygens (including phenoxy) is 1. The number of rotatable bonds is 6. The molecule has 0 atom stereocenters. The van der Waals surface area contributed by atoms with Crippen molar-refractivity contribution in [2.24, 2.45) is 0 Å². The van der Waals surface area contributed by atoms with E-state index >= 15 is 0 Å². The smallest absolute Gasteiger partial charge is 0.293 e. The molecule has 3 aromatic carbocycles. The van der Waals surface area contributed by atoms with Gasteiger partial charge in [0.25, 0.3) is 15.7 Å². The van der Waals surface area contributed by atoms with Crippen LogP contribution in [0.15, 0.2) is 65.6 Å². The summed E-state index contributed by atoms with van der Waals surface area (Å²) in [5.74, 6) is 0.203. The number of hydrogen-bond donors (Lipinski definition) is 1. The van der Waals surface area contributed by atoms with Crippen molar-refractivity contribution in [3.63, 3.8) is 0 Å². The zero-order valence-electron chi connectivity index (χ0n) is 16.3. The molecule has 1 N–H and O–H groups in total. The highest BCUT2D eigenvalue weighted by atomic mass is 32.2. The van der Waals surface area contributed by atoms with Crippen LogP contribution in [0.2, 0.25) is 0 Å². The maximum atomic E-state index is 12.9. The number of nitrogens with zero attached hydrogens (tertiary/aromatic N) is 2. The standard InChI is InChI=1S/C21H19N3O5S/c1-3-23-18-7-5-4-6-16(18)17-12-14(8-10-19(17)23)22-30(27,28)21-11-9-15(29-2)13-20(21)24(25)26/h4-13,22H,3H2,1-2H3. The lowest BCUT2D eigenvalue weighted by molar-refractivity contribution is -0.387. The Morgan fingerprint density at radius 1 is 1.03 bits per heavy atom. The van der Waals surface area contributed by atoms with Crippen LogP contribution in [-0.4, -0.2) is 25.0 Å². The Balaban J connectivity index is 1.81. The number of nitro groups is 1. The lowest BCUT2D eigenvalue weighted by atomic mass is 10.1. The predicted octanol–water partition coefficient (Wildman–Crippen LogP) is 4.53. The number of nitro benzene ring substituents is 1. The monoisotopic (exact) mass is 425 g/mol. The number of anilines is 1. The molecule has 0 aliphatic rings. The maximum absolute atomic E-state index is 12.9. The summed E-state index contributed by atoms with van der Waals surface area (Å²) in [6, 6.07) is 16.8. The zero-order chi connectivity index (χ0) is 21.5. The number of methoxy groups -OCH3 is 1. The molecule has 4 aromatic rings. The number of aryl methyl sites for hydroxylation is 1. The Kier molecular flexibility index (Phi) is 4.83. The first-order chi connectivity index (χ1) is 14.4. The summed E-state index contributed by atoms with van der Waals surface area (Å²) in [6.45, 7) is 2.82. The molecule has 0 fully saturated rings. The molecule has 9 heteroatoms. The van der Waals surface area contributed by atoms with Crippen molar-refractivity contribution in [2.75, 3.05) is 11.8 Å². The van der Waals surface area contributed by atoms with Crippen LogP contribution >= 0.6 is 0 Å². The molecule has 0 aliphatic carbocycles. The summed E-state index contributed by atoms with van der Waals surface area (Å²) < 4.78 is 35.4. The van der Waals surface area contributed by atoms with Gasteiger partial charge in [-0.1, -0.05) is 18.2 Å². The predicted molar refractivity (Wildman–Crippen MR) is 116 cm³/mol. The van der Waals surface area contributed by atoms with Crippen LogP contribution in [0.4, 0.5) is 11.4 Å². The van der Waals surface area contributed by atoms with Gasteiger partial charge in [0.05, 0.1) is 18.1 Å². The summed E-state index contributed by atoms with van der Waals surface area (Å²) in [5, 5.41) is 13.3. The molecule has 1 heterocycles. The van der Waals surface area contributed by atoms with Crippen molar-refractivity contribution in [1.29, 1.82) is 0 Å². The van der Waals surface area contributed by atoms with E-state index in [-0.39, 0.29) is 5.75 Å². The van der Waals surface area contributed by atoms with Crippen molar-refractivity contribution in [1.82, 2.24) is 4.57 Å². The van der Waals surface area contributed by atoms with Gasteiger partial charge < -0.3 is 9.30 Å². The molecule has 0 saturated heterocycles. The number of sulfonamides is 1. The van der Waals surface area contributed by atoms with Crippen molar-refractivity contribution in [2.45, 2.75) is 18.4 Å². The molecule has 8 nitrogen and oxygen atoms in total. The normalized spacial score (nSPS) is 11.7. The van der Waals surface area contributed by atoms with Gasteiger partial charge in [0.1, 0.15) is 5.75 Å². The first-order valence-electron chi connectivity index (χ1n) is 9.22. The molecule has 0 bridgehead atoms. The third kappa shape index (κ3) is 3.22. The molecule has 0 unspecified atom stereocenters. The summed E-state index contributed by atoms with van der Waals surface area (Å²) in [6.07, 6.45) is 0. The number of fused-ring (bicyclic) bond motifs is 3. The first kappa shape index (κ1) is 19.7. The number of nitrogens with one attached hydrogen (secondary N) is 1. The second-order valence-corrected chi connectivity index (χ2v) is 8.34. The SMILES string of the molecule is CCn1c2ccccc2c2cc(NS(=O)(=O)c3ccc(OC)cc3[N+](=O)[O-])ccc21. The van der Waals surface area contributed by atoms with Gasteiger partial charge in [0.15, 0.2) is 4.90 Å². The van der Waals surface area contributed by atoms with Crippen LogP contribution in [0, 0.1) is 10.1 Å². The Morgan fingerprint density at radius 3 is 2.47 bits per heavy atom. The number of benzene rings is 3. The highest BCUT2D eigenvalue weighted by molar-refractivity contribution is 7.92. The van der Waals surface area contributed by atoms with Crippen molar-refractivity contribution in [3.8, 4) is 5.75 Å². The van der Waals surface area contributed by atoms with E-state index in [0.29, 0.717) is 5.69 Å². The van der Waals surface area contributed by atoms with E-state index in [1.807, 2.05) is 37.3 Å². The molecule has 0 amide bonds. The van der Waals surface area contributed by atoms with Crippen LogP contribution in [0.25, 0.3) is 21.8 Å². The van der Waals surface area contributed by atoms with Gasteiger partial charge in [0, 0.05) is 34.0 Å². The Morgan fingerprint density at radius 2 is 1.77 bits per heavy atom. The van der Waals surface area contributed by atoms with Gasteiger partial charge in [-0.2, -0.15) is 0 Å².